The molecule has 0 aromatic carbocycles. The second-order valence-corrected chi connectivity index (χ2v) is 5.93. The van der Waals surface area contributed by atoms with Gasteiger partial charge in [-0.25, -0.2) is 4.98 Å². The van der Waals surface area contributed by atoms with Crippen molar-refractivity contribution in [3.63, 3.8) is 0 Å². The van der Waals surface area contributed by atoms with E-state index in [-0.39, 0.29) is 47.4 Å². The second-order valence-electron chi connectivity index (χ2n) is 3.71. The number of fused-ring (bicyclic) bond motifs is 1. The summed E-state index contributed by atoms with van der Waals surface area (Å²) in [4.78, 5) is 18.1. The Morgan fingerprint density at radius 2 is 2.17 bits per heavy atom. The van der Waals surface area contributed by atoms with E-state index in [0.29, 0.717) is 10.2 Å². The number of hydrogen-bond acceptors (Lipinski definition) is 5. The number of aryl methyl sites for hydroxylation is 3. The first-order chi connectivity index (χ1) is 8.00. The van der Waals surface area contributed by atoms with Gasteiger partial charge in [-0.15, -0.1) is 11.3 Å². The largest absolute Gasteiger partial charge is 1.00 e. The van der Waals surface area contributed by atoms with Crippen molar-refractivity contribution in [1.29, 1.82) is 0 Å². The number of rotatable bonds is 3. The molecule has 0 saturated carbocycles. The molecule has 1 atom stereocenters. The van der Waals surface area contributed by atoms with Gasteiger partial charge in [-0.3, -0.25) is 13.6 Å². The summed E-state index contributed by atoms with van der Waals surface area (Å²) in [7, 11) is 0. The van der Waals surface area contributed by atoms with Crippen molar-refractivity contribution in [2.75, 3.05) is 5.75 Å². The van der Waals surface area contributed by atoms with Crippen LogP contribution in [-0.4, -0.2) is 24.1 Å². The summed E-state index contributed by atoms with van der Waals surface area (Å²) in [5.41, 5.74) is 0.766. The molecule has 0 amide bonds. The fourth-order valence-electron chi connectivity index (χ4n) is 1.60. The molecule has 1 unspecified atom stereocenters. The van der Waals surface area contributed by atoms with Crippen LogP contribution in [0.2, 0.25) is 0 Å². The molecule has 0 saturated heterocycles. The van der Waals surface area contributed by atoms with Crippen molar-refractivity contribution in [3.05, 3.63) is 27.1 Å². The molecule has 0 bridgehead atoms. The van der Waals surface area contributed by atoms with Crippen LogP contribution in [0.5, 0.6) is 0 Å². The van der Waals surface area contributed by atoms with E-state index >= 15 is 0 Å². The zero-order valence-corrected chi connectivity index (χ0v) is 14.1. The van der Waals surface area contributed by atoms with E-state index in [1.807, 2.05) is 13.8 Å². The molecule has 0 spiro atoms. The molecule has 2 aromatic rings. The Bertz CT molecular complexity index is 650. The van der Waals surface area contributed by atoms with Crippen molar-refractivity contribution in [1.82, 2.24) is 9.55 Å². The molecule has 0 aliphatic heterocycles. The molecule has 5 nitrogen and oxygen atoms in total. The van der Waals surface area contributed by atoms with Gasteiger partial charge in [0.25, 0.3) is 5.56 Å². The first kappa shape index (κ1) is 16.0. The van der Waals surface area contributed by atoms with Gasteiger partial charge in [-0.2, -0.15) is 0 Å². The molecule has 0 radical (unpaired) electrons. The molecule has 0 aliphatic rings. The Kier molecular flexibility index (Phi) is 5.69. The van der Waals surface area contributed by atoms with Gasteiger partial charge in [-0.1, -0.05) is 11.1 Å². The van der Waals surface area contributed by atoms with Gasteiger partial charge in [0.15, 0.2) is 0 Å². The third-order valence-corrected chi connectivity index (χ3v) is 4.29. The summed E-state index contributed by atoms with van der Waals surface area (Å²) in [5, 5.41) is 0.603. The average Bonchev–Trinajstić information content (AvgIpc) is 2.54. The summed E-state index contributed by atoms with van der Waals surface area (Å²) in [6.07, 6.45) is 1.41. The van der Waals surface area contributed by atoms with Gasteiger partial charge >= 0.3 is 29.6 Å². The van der Waals surface area contributed by atoms with Crippen LogP contribution in [0.1, 0.15) is 10.4 Å². The summed E-state index contributed by atoms with van der Waals surface area (Å²) in [6.45, 7) is 3.97. The molecule has 0 N–H and O–H groups in total. The standard InChI is InChI=1S/C10H12N2O3S2.Na/c1-6-7(2)16-9-8(6)10(13)12(5-11-9)3-4-17(14)15;/h5H,3-4H2,1-2H3,(H,14,15);/q;+1/p-1. The van der Waals surface area contributed by atoms with E-state index in [4.69, 9.17) is 0 Å². The molecule has 0 fully saturated rings. The van der Waals surface area contributed by atoms with E-state index in [9.17, 15) is 13.6 Å². The normalized spacial score (nSPS) is 12.4. The maximum absolute atomic E-state index is 12.1. The Morgan fingerprint density at radius 1 is 1.50 bits per heavy atom. The molecule has 2 aromatic heterocycles. The summed E-state index contributed by atoms with van der Waals surface area (Å²) < 4.78 is 22.3. The average molecular weight is 294 g/mol. The zero-order chi connectivity index (χ0) is 12.6. The monoisotopic (exact) mass is 294 g/mol. The Balaban J connectivity index is 0.00000162. The number of nitrogens with zero attached hydrogens (tertiary/aromatic N) is 2. The van der Waals surface area contributed by atoms with E-state index in [1.54, 1.807) is 0 Å². The van der Waals surface area contributed by atoms with Crippen LogP contribution >= 0.6 is 11.3 Å². The van der Waals surface area contributed by atoms with Crippen LogP contribution in [0.15, 0.2) is 11.1 Å². The Morgan fingerprint density at radius 3 is 2.78 bits per heavy atom. The summed E-state index contributed by atoms with van der Waals surface area (Å²) in [5.74, 6) is -0.0741. The van der Waals surface area contributed by atoms with E-state index < -0.39 is 11.1 Å². The van der Waals surface area contributed by atoms with Gasteiger partial charge in [0.2, 0.25) is 0 Å². The first-order valence-electron chi connectivity index (χ1n) is 5.01. The molecule has 2 heterocycles. The number of aromatic nitrogens is 2. The van der Waals surface area contributed by atoms with Crippen LogP contribution in [-0.2, 0) is 17.6 Å². The van der Waals surface area contributed by atoms with Crippen molar-refractivity contribution >= 4 is 32.6 Å². The SMILES string of the molecule is Cc1sc2ncn(CCS(=O)[O-])c(=O)c2c1C.[Na+]. The zero-order valence-electron chi connectivity index (χ0n) is 10.4. The minimum absolute atomic E-state index is 0. The van der Waals surface area contributed by atoms with Crippen LogP contribution in [0.4, 0.5) is 0 Å². The topological polar surface area (TPSA) is 75.0 Å². The van der Waals surface area contributed by atoms with Crippen LogP contribution < -0.4 is 35.1 Å². The second kappa shape index (κ2) is 6.40. The number of hydrogen-bond donors (Lipinski definition) is 0. The van der Waals surface area contributed by atoms with Crippen molar-refractivity contribution < 1.29 is 38.3 Å². The number of thiophene rings is 1. The Hall–Kier alpha value is -0.0500. The fraction of sp³-hybridized carbons (Fsp3) is 0.400. The minimum atomic E-state index is -2.14. The molecule has 0 aliphatic carbocycles. The molecule has 92 valence electrons. The van der Waals surface area contributed by atoms with Crippen molar-refractivity contribution in [3.8, 4) is 0 Å². The van der Waals surface area contributed by atoms with E-state index in [1.165, 1.54) is 22.2 Å². The molecular formula is C10H11N2NaO3S2. The summed E-state index contributed by atoms with van der Waals surface area (Å²) >= 11 is -0.663. The van der Waals surface area contributed by atoms with Crippen LogP contribution in [0.25, 0.3) is 10.2 Å². The summed E-state index contributed by atoms with van der Waals surface area (Å²) in [6, 6.07) is 0. The van der Waals surface area contributed by atoms with Gasteiger partial charge < -0.3 is 4.55 Å². The minimum Gasteiger partial charge on any atom is -0.772 e. The predicted octanol–water partition coefficient (Wildman–Crippen LogP) is -2.04. The molecule has 18 heavy (non-hydrogen) atoms. The van der Waals surface area contributed by atoms with Gasteiger partial charge in [0.1, 0.15) is 4.83 Å². The van der Waals surface area contributed by atoms with E-state index in [0.717, 1.165) is 10.4 Å². The predicted molar refractivity (Wildman–Crippen MR) is 67.1 cm³/mol. The third kappa shape index (κ3) is 3.09. The molecule has 2 rings (SSSR count). The van der Waals surface area contributed by atoms with Gasteiger partial charge in [0.05, 0.1) is 11.7 Å². The third-order valence-electron chi connectivity index (χ3n) is 2.65. The van der Waals surface area contributed by atoms with Crippen molar-refractivity contribution in [2.24, 2.45) is 0 Å². The first-order valence-corrected chi connectivity index (χ1v) is 7.07. The van der Waals surface area contributed by atoms with E-state index in [2.05, 4.69) is 4.98 Å². The van der Waals surface area contributed by atoms with Crippen molar-refractivity contribution in [2.45, 2.75) is 20.4 Å². The van der Waals surface area contributed by atoms with Gasteiger partial charge in [-0.05, 0) is 19.4 Å². The quantitative estimate of drug-likeness (QED) is 0.483. The van der Waals surface area contributed by atoms with Crippen LogP contribution in [0.3, 0.4) is 0 Å². The fourth-order valence-corrected chi connectivity index (χ4v) is 2.94. The molecule has 8 heteroatoms. The Labute approximate surface area is 133 Å². The smallest absolute Gasteiger partial charge is 0.772 e. The molecular weight excluding hydrogens is 283 g/mol. The van der Waals surface area contributed by atoms with Crippen LogP contribution in [0, 0.1) is 13.8 Å². The maximum Gasteiger partial charge on any atom is 1.00 e. The van der Waals surface area contributed by atoms with Gasteiger partial charge in [0, 0.05) is 17.2 Å². The maximum atomic E-state index is 12.1.